The number of pyridine rings is 1. The first kappa shape index (κ1) is 16.5. The monoisotopic (exact) mass is 362 g/mol. The Bertz CT molecular complexity index is 1030. The van der Waals surface area contributed by atoms with Crippen LogP contribution in [0.25, 0.3) is 17.8 Å². The molecule has 3 aromatic rings. The van der Waals surface area contributed by atoms with Gasteiger partial charge in [0, 0.05) is 18.8 Å². The zero-order valence-electron chi connectivity index (χ0n) is 13.1. The van der Waals surface area contributed by atoms with Crippen LogP contribution in [-0.4, -0.2) is 36.3 Å². The fourth-order valence-electron chi connectivity index (χ4n) is 2.30. The number of sulfonamides is 1. The van der Waals surface area contributed by atoms with Gasteiger partial charge in [-0.3, -0.25) is 4.31 Å². The van der Waals surface area contributed by atoms with Crippen LogP contribution in [0.2, 0.25) is 5.28 Å². The van der Waals surface area contributed by atoms with Gasteiger partial charge in [0.15, 0.2) is 5.65 Å². The first-order chi connectivity index (χ1) is 11.4. The van der Waals surface area contributed by atoms with Crippen LogP contribution in [0.4, 0.5) is 5.69 Å². The maximum Gasteiger partial charge on any atom is 0.243 e. The van der Waals surface area contributed by atoms with E-state index in [-0.39, 0.29) is 5.28 Å². The predicted molar refractivity (Wildman–Crippen MR) is 96.6 cm³/mol. The van der Waals surface area contributed by atoms with Crippen LogP contribution in [0.5, 0.6) is 0 Å². The third-order valence-electron chi connectivity index (χ3n) is 3.58. The zero-order chi connectivity index (χ0) is 17.3. The number of hydrogen-bond acceptors (Lipinski definition) is 4. The summed E-state index contributed by atoms with van der Waals surface area (Å²) in [6.07, 6.45) is 6.63. The molecule has 0 radical (unpaired) electrons. The Morgan fingerprint density at radius 2 is 1.79 bits per heavy atom. The molecule has 3 rings (SSSR count). The van der Waals surface area contributed by atoms with Gasteiger partial charge < -0.3 is 0 Å². The molecule has 0 aliphatic carbocycles. The average Bonchev–Trinajstić information content (AvgIpc) is 2.92. The second-order valence-corrected chi connectivity index (χ2v) is 7.59. The maximum absolute atomic E-state index is 11.8. The molecule has 0 atom stereocenters. The topological polar surface area (TPSA) is 67.6 Å². The first-order valence-electron chi connectivity index (χ1n) is 7.08. The van der Waals surface area contributed by atoms with Gasteiger partial charge in [0.2, 0.25) is 15.3 Å². The molecule has 0 saturated carbocycles. The minimum atomic E-state index is -3.34. The van der Waals surface area contributed by atoms with Crippen molar-refractivity contribution in [1.29, 1.82) is 0 Å². The summed E-state index contributed by atoms with van der Waals surface area (Å²) >= 11 is 5.85. The molecule has 2 aromatic heterocycles. The number of rotatable bonds is 4. The summed E-state index contributed by atoms with van der Waals surface area (Å²) in [7, 11) is -1.81. The summed E-state index contributed by atoms with van der Waals surface area (Å²) < 4.78 is 26.4. The van der Waals surface area contributed by atoms with Crippen LogP contribution in [0.15, 0.2) is 42.6 Å². The molecular weight excluding hydrogens is 348 g/mol. The second kappa shape index (κ2) is 6.26. The maximum atomic E-state index is 11.8. The molecule has 0 aliphatic rings. The molecule has 0 N–H and O–H groups in total. The van der Waals surface area contributed by atoms with E-state index in [2.05, 4.69) is 10.1 Å². The highest BCUT2D eigenvalue weighted by Crippen LogP contribution is 2.24. The fraction of sp³-hybridized carbons (Fsp3) is 0.125. The first-order valence-corrected chi connectivity index (χ1v) is 9.31. The number of anilines is 1. The van der Waals surface area contributed by atoms with E-state index in [0.717, 1.165) is 11.1 Å². The van der Waals surface area contributed by atoms with Crippen molar-refractivity contribution in [3.05, 3.63) is 59.0 Å². The van der Waals surface area contributed by atoms with Crippen molar-refractivity contribution < 1.29 is 8.42 Å². The fourth-order valence-corrected chi connectivity index (χ4v) is 2.99. The average molecular weight is 363 g/mol. The van der Waals surface area contributed by atoms with E-state index in [1.54, 1.807) is 22.8 Å². The Morgan fingerprint density at radius 1 is 1.12 bits per heavy atom. The van der Waals surface area contributed by atoms with Crippen LogP contribution < -0.4 is 4.31 Å². The van der Waals surface area contributed by atoms with Crippen molar-refractivity contribution in [3.8, 4) is 0 Å². The van der Waals surface area contributed by atoms with Gasteiger partial charge in [0.25, 0.3) is 0 Å². The molecule has 0 aliphatic heterocycles. The largest absolute Gasteiger partial charge is 0.273 e. The molecule has 1 aromatic carbocycles. The van der Waals surface area contributed by atoms with E-state index in [1.807, 2.05) is 36.4 Å². The van der Waals surface area contributed by atoms with E-state index in [0.29, 0.717) is 11.3 Å². The van der Waals surface area contributed by atoms with E-state index >= 15 is 0 Å². The molecule has 124 valence electrons. The Balaban J connectivity index is 2.03. The lowest BCUT2D eigenvalue weighted by molar-refractivity contribution is 0.600. The van der Waals surface area contributed by atoms with E-state index in [9.17, 15) is 8.42 Å². The highest BCUT2D eigenvalue weighted by molar-refractivity contribution is 7.92. The summed E-state index contributed by atoms with van der Waals surface area (Å²) in [6.45, 7) is 0. The van der Waals surface area contributed by atoms with Crippen molar-refractivity contribution in [1.82, 2.24) is 14.6 Å². The number of para-hydroxylation sites is 1. The third kappa shape index (κ3) is 3.27. The molecule has 0 unspecified atom stereocenters. The molecular formula is C16H15ClN4O2S. The number of nitrogens with zero attached hydrogens (tertiary/aromatic N) is 4. The lowest BCUT2D eigenvalue weighted by atomic mass is 10.1. The molecule has 0 saturated heterocycles. The number of fused-ring (bicyclic) bond motifs is 1. The van der Waals surface area contributed by atoms with Gasteiger partial charge in [-0.2, -0.15) is 4.98 Å². The Morgan fingerprint density at radius 3 is 2.54 bits per heavy atom. The highest BCUT2D eigenvalue weighted by atomic mass is 35.5. The summed E-state index contributed by atoms with van der Waals surface area (Å²) in [5.74, 6) is 0. The van der Waals surface area contributed by atoms with Crippen molar-refractivity contribution in [2.24, 2.45) is 0 Å². The third-order valence-corrected chi connectivity index (χ3v) is 4.93. The van der Waals surface area contributed by atoms with Crippen LogP contribution in [0.1, 0.15) is 11.1 Å². The molecule has 8 heteroatoms. The number of benzene rings is 1. The van der Waals surface area contributed by atoms with E-state index < -0.39 is 10.0 Å². The standard InChI is InChI=1S/C16H15ClN4O2S/c1-20(24(2,22)23)14-8-4-3-6-12(14)9-10-13-7-5-11-21-15(13)18-16(17)19-21/h3-11H,1-2H3. The quantitative estimate of drug-likeness (QED) is 0.715. The SMILES string of the molecule is CN(c1ccccc1C=Cc1cccn2nc(Cl)nc12)S(C)(=O)=O. The van der Waals surface area contributed by atoms with E-state index in [1.165, 1.54) is 17.6 Å². The molecule has 0 fully saturated rings. The van der Waals surface area contributed by atoms with Crippen LogP contribution in [0, 0.1) is 0 Å². The van der Waals surface area contributed by atoms with Gasteiger partial charge in [-0.05, 0) is 35.4 Å². The van der Waals surface area contributed by atoms with Gasteiger partial charge in [-0.1, -0.05) is 30.4 Å². The molecule has 0 spiro atoms. The number of aromatic nitrogens is 3. The molecule has 0 amide bonds. The van der Waals surface area contributed by atoms with Gasteiger partial charge in [-0.25, -0.2) is 12.9 Å². The van der Waals surface area contributed by atoms with Crippen molar-refractivity contribution in [2.45, 2.75) is 0 Å². The van der Waals surface area contributed by atoms with E-state index in [4.69, 9.17) is 11.6 Å². The molecule has 24 heavy (non-hydrogen) atoms. The summed E-state index contributed by atoms with van der Waals surface area (Å²) in [5, 5.41) is 4.23. The molecule has 0 bridgehead atoms. The Kier molecular flexibility index (Phi) is 4.29. The number of hydrogen-bond donors (Lipinski definition) is 0. The van der Waals surface area contributed by atoms with Gasteiger partial charge in [-0.15, -0.1) is 5.10 Å². The second-order valence-electron chi connectivity index (χ2n) is 5.24. The van der Waals surface area contributed by atoms with Crippen molar-refractivity contribution in [2.75, 3.05) is 17.6 Å². The Hall–Kier alpha value is -2.38. The summed E-state index contributed by atoms with van der Waals surface area (Å²) in [6, 6.07) is 11.0. The summed E-state index contributed by atoms with van der Waals surface area (Å²) in [4.78, 5) is 4.18. The highest BCUT2D eigenvalue weighted by Gasteiger charge is 2.14. The van der Waals surface area contributed by atoms with Crippen LogP contribution in [0.3, 0.4) is 0 Å². The zero-order valence-corrected chi connectivity index (χ0v) is 14.7. The lowest BCUT2D eigenvalue weighted by Gasteiger charge is -2.18. The van der Waals surface area contributed by atoms with Gasteiger partial charge in [0.05, 0.1) is 11.9 Å². The normalized spacial score (nSPS) is 12.1. The smallest absolute Gasteiger partial charge is 0.243 e. The van der Waals surface area contributed by atoms with Crippen LogP contribution in [-0.2, 0) is 10.0 Å². The van der Waals surface area contributed by atoms with Crippen molar-refractivity contribution in [3.63, 3.8) is 0 Å². The minimum absolute atomic E-state index is 0.174. The molecule has 6 nitrogen and oxygen atoms in total. The molecule has 2 heterocycles. The minimum Gasteiger partial charge on any atom is -0.273 e. The lowest BCUT2D eigenvalue weighted by Crippen LogP contribution is -2.25. The number of halogens is 1. The van der Waals surface area contributed by atoms with Crippen molar-refractivity contribution >= 4 is 45.1 Å². The summed E-state index contributed by atoms with van der Waals surface area (Å²) in [5.41, 5.74) is 2.84. The van der Waals surface area contributed by atoms with Crippen LogP contribution >= 0.6 is 11.6 Å². The van der Waals surface area contributed by atoms with Gasteiger partial charge >= 0.3 is 0 Å². The van der Waals surface area contributed by atoms with Gasteiger partial charge in [0.1, 0.15) is 0 Å². The Labute approximate surface area is 145 Å². The predicted octanol–water partition coefficient (Wildman–Crippen LogP) is 2.95.